The zero-order chi connectivity index (χ0) is 46.9. The Labute approximate surface area is 416 Å². The number of aryl methyl sites for hydroxylation is 1. The number of anilines is 3. The van der Waals surface area contributed by atoms with Crippen LogP contribution in [0.5, 0.6) is 5.75 Å². The summed E-state index contributed by atoms with van der Waals surface area (Å²) in [6.07, 6.45) is 18.4. The van der Waals surface area contributed by atoms with Crippen molar-refractivity contribution in [1.29, 1.82) is 0 Å². The number of fused-ring (bicyclic) bond motifs is 12. The van der Waals surface area contributed by atoms with Gasteiger partial charge in [0.25, 0.3) is 0 Å². The van der Waals surface area contributed by atoms with Crippen LogP contribution in [0.25, 0.3) is 62.2 Å². The van der Waals surface area contributed by atoms with Crippen LogP contribution in [0.2, 0.25) is 0 Å². The fourth-order valence-electron chi connectivity index (χ4n) is 12.7. The van der Waals surface area contributed by atoms with Gasteiger partial charge in [0.15, 0.2) is 0 Å². The molecule has 0 radical (unpaired) electrons. The van der Waals surface area contributed by atoms with E-state index in [2.05, 4.69) is 254 Å². The van der Waals surface area contributed by atoms with Crippen LogP contribution in [-0.2, 0) is 11.8 Å². The maximum absolute atomic E-state index is 7.39. The minimum atomic E-state index is -0.374. The molecule has 2 nitrogen and oxygen atoms in total. The lowest BCUT2D eigenvalue weighted by Gasteiger charge is -2.50. The van der Waals surface area contributed by atoms with Crippen molar-refractivity contribution in [1.82, 2.24) is 0 Å². The second-order valence-electron chi connectivity index (χ2n) is 19.7. The van der Waals surface area contributed by atoms with Crippen molar-refractivity contribution in [3.8, 4) is 50.3 Å². The number of nitrogens with zero attached hydrogens (tertiary/aromatic N) is 1. The average molecular weight is 910 g/mol. The Bertz CT molecular complexity index is 3610. The van der Waals surface area contributed by atoms with Crippen molar-refractivity contribution in [2.24, 2.45) is 5.92 Å². The number of ether oxygens (including phenoxy) is 1. The van der Waals surface area contributed by atoms with E-state index >= 15 is 0 Å². The van der Waals surface area contributed by atoms with Gasteiger partial charge in [-0.3, -0.25) is 0 Å². The first-order valence-electron chi connectivity index (χ1n) is 25.3. The molecule has 0 bridgehead atoms. The maximum Gasteiger partial charge on any atom is 0.132 e. The molecule has 2 unspecified atom stereocenters. The Balaban J connectivity index is 0.938. The van der Waals surface area contributed by atoms with E-state index in [1.165, 1.54) is 94.6 Å². The molecule has 1 heterocycles. The summed E-state index contributed by atoms with van der Waals surface area (Å²) in [5.74, 6) is 1.16. The van der Waals surface area contributed by atoms with E-state index in [4.69, 9.17) is 4.74 Å². The highest BCUT2D eigenvalue weighted by molar-refractivity contribution is 5.93. The molecule has 2 heteroatoms. The van der Waals surface area contributed by atoms with Crippen LogP contribution >= 0.6 is 0 Å². The highest BCUT2D eigenvalue weighted by atomic mass is 16.5. The molecule has 14 rings (SSSR count). The average Bonchev–Trinajstić information content (AvgIpc) is 3.74. The van der Waals surface area contributed by atoms with E-state index in [1.54, 1.807) is 0 Å². The smallest absolute Gasteiger partial charge is 0.132 e. The van der Waals surface area contributed by atoms with E-state index in [1.807, 2.05) is 0 Å². The van der Waals surface area contributed by atoms with E-state index in [0.717, 1.165) is 48.5 Å². The lowest BCUT2D eigenvalue weighted by Crippen LogP contribution is -2.46. The summed E-state index contributed by atoms with van der Waals surface area (Å²) in [5, 5.41) is 0. The topological polar surface area (TPSA) is 12.5 Å². The molecule has 3 atom stereocenters. The van der Waals surface area contributed by atoms with Crippen LogP contribution in [-0.4, -0.2) is 0 Å². The number of rotatable bonds is 7. The van der Waals surface area contributed by atoms with Gasteiger partial charge in [-0.2, -0.15) is 0 Å². The first-order chi connectivity index (χ1) is 35.2. The predicted octanol–water partition coefficient (Wildman–Crippen LogP) is 18.0. The summed E-state index contributed by atoms with van der Waals surface area (Å²) < 4.78 is 7.39. The molecule has 1 aliphatic heterocycles. The van der Waals surface area contributed by atoms with Crippen LogP contribution < -0.4 is 9.64 Å². The van der Waals surface area contributed by atoms with Gasteiger partial charge in [0.1, 0.15) is 11.9 Å². The zero-order valence-corrected chi connectivity index (χ0v) is 39.5. The monoisotopic (exact) mass is 909 g/mol. The summed E-state index contributed by atoms with van der Waals surface area (Å²) >= 11 is 0. The third-order valence-electron chi connectivity index (χ3n) is 15.9. The van der Waals surface area contributed by atoms with Crippen molar-refractivity contribution in [2.45, 2.75) is 37.2 Å². The number of benzene rings is 9. The van der Waals surface area contributed by atoms with Crippen molar-refractivity contribution < 1.29 is 4.74 Å². The molecule has 0 saturated heterocycles. The summed E-state index contributed by atoms with van der Waals surface area (Å²) in [7, 11) is 0. The molecule has 0 saturated carbocycles. The normalized spacial score (nSPS) is 18.7. The van der Waals surface area contributed by atoms with E-state index < -0.39 is 0 Å². The van der Waals surface area contributed by atoms with Gasteiger partial charge in [-0.15, -0.1) is 0 Å². The number of allylic oxidation sites excluding steroid dienone is 5. The van der Waals surface area contributed by atoms with Crippen LogP contribution in [0, 0.1) is 5.92 Å². The maximum atomic E-state index is 7.39. The van der Waals surface area contributed by atoms with Crippen LogP contribution in [0.4, 0.5) is 17.1 Å². The second kappa shape index (κ2) is 16.9. The third-order valence-corrected chi connectivity index (χ3v) is 15.9. The first kappa shape index (κ1) is 41.5. The molecule has 9 aromatic carbocycles. The van der Waals surface area contributed by atoms with Gasteiger partial charge >= 0.3 is 0 Å². The summed E-state index contributed by atoms with van der Waals surface area (Å²) in [4.78, 5) is 2.44. The molecule has 4 aliphatic carbocycles. The Kier molecular flexibility index (Phi) is 9.88. The van der Waals surface area contributed by atoms with Gasteiger partial charge in [-0.05, 0) is 152 Å². The van der Waals surface area contributed by atoms with Crippen molar-refractivity contribution in [3.05, 3.63) is 281 Å². The minimum Gasteiger partial charge on any atom is -0.484 e. The fraction of sp³-hybridized carbons (Fsp3) is 0.101. The number of hydrogen-bond acceptors (Lipinski definition) is 2. The Morgan fingerprint density at radius 2 is 1.04 bits per heavy atom. The molecule has 71 heavy (non-hydrogen) atoms. The zero-order valence-electron chi connectivity index (χ0n) is 39.5. The molecule has 338 valence electrons. The van der Waals surface area contributed by atoms with Crippen molar-refractivity contribution >= 4 is 34.8 Å². The lowest BCUT2D eigenvalue weighted by molar-refractivity contribution is 0.0995. The largest absolute Gasteiger partial charge is 0.484 e. The molecule has 0 amide bonds. The highest BCUT2D eigenvalue weighted by Crippen LogP contribution is 2.66. The van der Waals surface area contributed by atoms with Crippen LogP contribution in [0.1, 0.15) is 64.3 Å². The second-order valence-corrected chi connectivity index (χ2v) is 19.7. The first-order valence-corrected chi connectivity index (χ1v) is 25.3. The molecule has 0 aromatic heterocycles. The Morgan fingerprint density at radius 3 is 1.80 bits per heavy atom. The predicted molar refractivity (Wildman–Crippen MR) is 295 cm³/mol. The van der Waals surface area contributed by atoms with Crippen LogP contribution in [0.15, 0.2) is 242 Å². The van der Waals surface area contributed by atoms with Gasteiger partial charge < -0.3 is 9.64 Å². The van der Waals surface area contributed by atoms with Crippen LogP contribution in [0.3, 0.4) is 0 Å². The Morgan fingerprint density at radius 1 is 0.437 bits per heavy atom. The highest BCUT2D eigenvalue weighted by Gasteiger charge is 2.58. The van der Waals surface area contributed by atoms with Gasteiger partial charge in [0.05, 0.1) is 5.41 Å². The molecular weight excluding hydrogens is 859 g/mol. The molecule has 1 spiro atoms. The standard InChI is InChI=1S/C69H51NO/c1-4-17-46(18-5-1)49-31-36-56(37-32-49)70(58-43-54(47-19-6-2-7-20-47)41-55(44-58)48-21-8-3-9-22-48)57-26-16-25-52(42-57)53-35-38-64-62(45-53)61-29-14-15-30-63(61)69(64)65-39-33-50-23-10-12-27-59(50)67(65)71-68-60-28-13-11-24-51(60)34-40-66(68)69/h1-10,12-14,16-23,25-29,31-45,65,67H,11,15,24,30H2/t65?,67-,69?/m1/s1. The molecular formula is C69H51NO. The third kappa shape index (κ3) is 6.77. The fourth-order valence-corrected chi connectivity index (χ4v) is 12.7. The summed E-state index contributed by atoms with van der Waals surface area (Å²) in [5.41, 5.74) is 24.5. The van der Waals surface area contributed by atoms with E-state index in [9.17, 15) is 0 Å². The van der Waals surface area contributed by atoms with Gasteiger partial charge in [-0.25, -0.2) is 0 Å². The SMILES string of the molecule is C1=CC2=C(CC1)C1(c3ccc(-c4cccc(N(c5ccc(-c6ccccc6)cc5)c5cc(-c6ccccc6)cc(-c6ccccc6)c5)c4)cc32)c2ccc3c(c2O[C@@H]2c4ccccc4C=CC21)C=CCC3. The van der Waals surface area contributed by atoms with Crippen molar-refractivity contribution in [2.75, 3.05) is 4.90 Å². The number of hydrogen-bond donors (Lipinski definition) is 0. The molecule has 0 fully saturated rings. The van der Waals surface area contributed by atoms with Crippen molar-refractivity contribution in [3.63, 3.8) is 0 Å². The minimum absolute atomic E-state index is 0.0942. The Hall–Kier alpha value is -8.46. The van der Waals surface area contributed by atoms with E-state index in [-0.39, 0.29) is 17.4 Å². The van der Waals surface area contributed by atoms with E-state index in [0.29, 0.717) is 0 Å². The van der Waals surface area contributed by atoms with Gasteiger partial charge in [0.2, 0.25) is 0 Å². The lowest BCUT2D eigenvalue weighted by atomic mass is 9.57. The summed E-state index contributed by atoms with van der Waals surface area (Å²) in [6.45, 7) is 0. The van der Waals surface area contributed by atoms with Gasteiger partial charge in [-0.1, -0.05) is 200 Å². The molecule has 9 aromatic rings. The quantitative estimate of drug-likeness (QED) is 0.158. The van der Waals surface area contributed by atoms with Gasteiger partial charge in [0, 0.05) is 39.7 Å². The summed E-state index contributed by atoms with van der Waals surface area (Å²) in [6, 6.07) is 78.5. The molecule has 0 N–H and O–H groups in total. The molecule has 5 aliphatic rings.